The zero-order valence-electron chi connectivity index (χ0n) is 16.7. The Morgan fingerprint density at radius 1 is 1.17 bits per heavy atom. The Hall–Kier alpha value is -2.71. The largest absolute Gasteiger partial charge is 0.464 e. The van der Waals surface area contributed by atoms with Crippen molar-refractivity contribution >= 4 is 26.8 Å². The molecule has 1 heterocycles. The first-order valence-corrected chi connectivity index (χ1v) is 10.8. The van der Waals surface area contributed by atoms with E-state index in [9.17, 15) is 13.2 Å². The van der Waals surface area contributed by atoms with Crippen LogP contribution in [-0.2, 0) is 21.3 Å². The van der Waals surface area contributed by atoms with Crippen LogP contribution in [-0.4, -0.2) is 37.3 Å². The second kappa shape index (κ2) is 8.75. The summed E-state index contributed by atoms with van der Waals surface area (Å²) in [6.07, 6.45) is 1.85. The Balaban J connectivity index is 1.93. The molecule has 0 unspecified atom stereocenters. The molecule has 3 aromatic rings. The molecule has 8 heteroatoms. The van der Waals surface area contributed by atoms with Crippen LogP contribution in [0, 0.1) is 5.92 Å². The third-order valence-electron chi connectivity index (χ3n) is 4.57. The van der Waals surface area contributed by atoms with Crippen LogP contribution in [0.25, 0.3) is 10.8 Å². The van der Waals surface area contributed by atoms with Crippen LogP contribution >= 0.6 is 0 Å². The lowest BCUT2D eigenvalue weighted by Crippen LogP contribution is -2.32. The standard InChI is InChI=1S/C21H24N2O5S/c1-15(2)10-11-23(13-20-22-19(14-28-20)21(24)27-3)29(25,26)18-9-8-16-6-4-5-7-17(16)12-18/h4-9,12,14-15H,10-11,13H2,1-3H3. The molecule has 0 amide bonds. The molecule has 154 valence electrons. The number of carbonyl (C=O) groups is 1. The Morgan fingerprint density at radius 2 is 1.90 bits per heavy atom. The van der Waals surface area contributed by atoms with Crippen LogP contribution < -0.4 is 0 Å². The Morgan fingerprint density at radius 3 is 2.59 bits per heavy atom. The van der Waals surface area contributed by atoms with Gasteiger partial charge in [-0.05, 0) is 35.2 Å². The van der Waals surface area contributed by atoms with E-state index in [1.807, 2.05) is 38.1 Å². The first kappa shape index (κ1) is 21.0. The van der Waals surface area contributed by atoms with Crippen molar-refractivity contribution in [3.8, 4) is 0 Å². The predicted octanol–water partition coefficient (Wildman–Crippen LogP) is 3.85. The number of ether oxygens (including phenoxy) is 1. The number of rotatable bonds is 8. The number of carbonyl (C=O) groups excluding carboxylic acids is 1. The summed E-state index contributed by atoms with van der Waals surface area (Å²) in [5.41, 5.74) is 0.00872. The molecule has 7 nitrogen and oxygen atoms in total. The summed E-state index contributed by atoms with van der Waals surface area (Å²) >= 11 is 0. The normalized spacial score (nSPS) is 12.0. The van der Waals surface area contributed by atoms with Gasteiger partial charge in [-0.15, -0.1) is 0 Å². The maximum Gasteiger partial charge on any atom is 0.360 e. The highest BCUT2D eigenvalue weighted by atomic mass is 32.2. The molecule has 0 aliphatic rings. The summed E-state index contributed by atoms with van der Waals surface area (Å²) in [4.78, 5) is 15.9. The fraction of sp³-hybridized carbons (Fsp3) is 0.333. The average molecular weight is 416 g/mol. The summed E-state index contributed by atoms with van der Waals surface area (Å²) in [7, 11) is -2.54. The lowest BCUT2D eigenvalue weighted by Gasteiger charge is -2.22. The Labute approximate surface area is 170 Å². The number of oxazole rings is 1. The van der Waals surface area contributed by atoms with Gasteiger partial charge in [0.1, 0.15) is 6.26 Å². The van der Waals surface area contributed by atoms with Gasteiger partial charge < -0.3 is 9.15 Å². The summed E-state index contributed by atoms with van der Waals surface area (Å²) in [5, 5.41) is 1.82. The zero-order chi connectivity index (χ0) is 21.0. The molecule has 2 aromatic carbocycles. The molecule has 29 heavy (non-hydrogen) atoms. The van der Waals surface area contributed by atoms with Crippen molar-refractivity contribution < 1.29 is 22.4 Å². The second-order valence-electron chi connectivity index (χ2n) is 7.15. The van der Waals surface area contributed by atoms with Gasteiger partial charge in [-0.2, -0.15) is 4.31 Å². The monoisotopic (exact) mass is 416 g/mol. The number of hydrogen-bond acceptors (Lipinski definition) is 6. The zero-order valence-corrected chi connectivity index (χ0v) is 17.5. The lowest BCUT2D eigenvalue weighted by atomic mass is 10.1. The molecule has 0 atom stereocenters. The molecule has 0 saturated heterocycles. The van der Waals surface area contributed by atoms with Gasteiger partial charge in [0, 0.05) is 6.54 Å². The molecule has 0 saturated carbocycles. The van der Waals surface area contributed by atoms with Gasteiger partial charge in [0.2, 0.25) is 15.9 Å². The molecule has 0 aliphatic carbocycles. The summed E-state index contributed by atoms with van der Waals surface area (Å²) in [6.45, 7) is 4.30. The van der Waals surface area contributed by atoms with Crippen molar-refractivity contribution in [1.82, 2.24) is 9.29 Å². The topological polar surface area (TPSA) is 89.7 Å². The van der Waals surface area contributed by atoms with Gasteiger partial charge in [0.05, 0.1) is 18.6 Å². The van der Waals surface area contributed by atoms with Crippen LogP contribution in [0.5, 0.6) is 0 Å². The molecule has 1 aromatic heterocycles. The number of benzene rings is 2. The fourth-order valence-corrected chi connectivity index (χ4v) is 4.34. The van der Waals surface area contributed by atoms with E-state index in [2.05, 4.69) is 9.72 Å². The van der Waals surface area contributed by atoms with Gasteiger partial charge in [0.15, 0.2) is 5.69 Å². The summed E-state index contributed by atoms with van der Waals surface area (Å²) in [6, 6.07) is 12.7. The van der Waals surface area contributed by atoms with E-state index in [4.69, 9.17) is 4.42 Å². The fourth-order valence-electron chi connectivity index (χ4n) is 2.90. The van der Waals surface area contributed by atoms with Crippen molar-refractivity contribution in [3.63, 3.8) is 0 Å². The van der Waals surface area contributed by atoms with Gasteiger partial charge in [-0.1, -0.05) is 44.2 Å². The van der Waals surface area contributed by atoms with Crippen molar-refractivity contribution in [3.05, 3.63) is 60.3 Å². The molecule has 0 spiro atoms. The number of sulfonamides is 1. The van der Waals surface area contributed by atoms with Gasteiger partial charge >= 0.3 is 5.97 Å². The smallest absolute Gasteiger partial charge is 0.360 e. The van der Waals surface area contributed by atoms with E-state index in [1.165, 1.54) is 17.7 Å². The minimum absolute atomic E-state index is 0.00872. The highest BCUT2D eigenvalue weighted by Crippen LogP contribution is 2.24. The molecule has 0 aliphatic heterocycles. The molecule has 0 fully saturated rings. The van der Waals surface area contributed by atoms with Crippen molar-refractivity contribution in [2.45, 2.75) is 31.7 Å². The third-order valence-corrected chi connectivity index (χ3v) is 6.41. The number of esters is 1. The molecular weight excluding hydrogens is 392 g/mol. The van der Waals surface area contributed by atoms with Crippen LogP contribution in [0.1, 0.15) is 36.6 Å². The van der Waals surface area contributed by atoms with Gasteiger partial charge in [-0.3, -0.25) is 0 Å². The molecule has 3 rings (SSSR count). The molecule has 0 radical (unpaired) electrons. The number of hydrogen-bond donors (Lipinski definition) is 0. The van der Waals surface area contributed by atoms with E-state index < -0.39 is 16.0 Å². The van der Waals surface area contributed by atoms with Gasteiger partial charge in [-0.25, -0.2) is 18.2 Å². The van der Waals surface area contributed by atoms with Crippen molar-refractivity contribution in [2.24, 2.45) is 5.92 Å². The molecular formula is C21H24N2O5S. The summed E-state index contributed by atoms with van der Waals surface area (Å²) in [5.74, 6) is -0.177. The van der Waals surface area contributed by atoms with E-state index >= 15 is 0 Å². The van der Waals surface area contributed by atoms with Crippen LogP contribution in [0.3, 0.4) is 0 Å². The number of nitrogens with zero attached hydrogens (tertiary/aromatic N) is 2. The molecule has 0 N–H and O–H groups in total. The van der Waals surface area contributed by atoms with E-state index in [0.717, 1.165) is 10.8 Å². The van der Waals surface area contributed by atoms with Crippen molar-refractivity contribution in [2.75, 3.05) is 13.7 Å². The van der Waals surface area contributed by atoms with E-state index in [0.29, 0.717) is 18.9 Å². The third kappa shape index (κ3) is 4.83. The Bertz CT molecular complexity index is 1100. The van der Waals surface area contributed by atoms with Crippen LogP contribution in [0.15, 0.2) is 58.0 Å². The van der Waals surface area contributed by atoms with E-state index in [-0.39, 0.29) is 23.0 Å². The maximum absolute atomic E-state index is 13.4. The SMILES string of the molecule is COC(=O)c1coc(CN(CCC(C)C)S(=O)(=O)c2ccc3ccccc3c2)n1. The number of fused-ring (bicyclic) bond motifs is 1. The van der Waals surface area contributed by atoms with E-state index in [1.54, 1.807) is 18.2 Å². The average Bonchev–Trinajstić information content (AvgIpc) is 3.18. The minimum atomic E-state index is -3.79. The van der Waals surface area contributed by atoms with Crippen LogP contribution in [0.4, 0.5) is 0 Å². The first-order valence-electron chi connectivity index (χ1n) is 9.33. The maximum atomic E-state index is 13.4. The van der Waals surface area contributed by atoms with Gasteiger partial charge in [0.25, 0.3) is 0 Å². The predicted molar refractivity (Wildman–Crippen MR) is 109 cm³/mol. The molecule has 0 bridgehead atoms. The van der Waals surface area contributed by atoms with Crippen molar-refractivity contribution in [1.29, 1.82) is 0 Å². The minimum Gasteiger partial charge on any atom is -0.464 e. The number of methoxy groups -OCH3 is 1. The number of aromatic nitrogens is 1. The Kier molecular flexibility index (Phi) is 6.34. The summed E-state index contributed by atoms with van der Waals surface area (Å²) < 4.78 is 38.0. The first-order chi connectivity index (χ1) is 13.8. The highest BCUT2D eigenvalue weighted by Gasteiger charge is 2.27. The quantitative estimate of drug-likeness (QED) is 0.518. The second-order valence-corrected chi connectivity index (χ2v) is 9.09. The lowest BCUT2D eigenvalue weighted by molar-refractivity contribution is 0.0594. The highest BCUT2D eigenvalue weighted by molar-refractivity contribution is 7.89. The van der Waals surface area contributed by atoms with Crippen LogP contribution in [0.2, 0.25) is 0 Å².